The first kappa shape index (κ1) is 17.0. The highest BCUT2D eigenvalue weighted by atomic mass is 16.5. The second kappa shape index (κ2) is 7.08. The lowest BCUT2D eigenvalue weighted by molar-refractivity contribution is -0.116. The number of ether oxygens (including phenoxy) is 1. The first-order valence-electron chi connectivity index (χ1n) is 8.84. The van der Waals surface area contributed by atoms with E-state index in [4.69, 9.17) is 4.74 Å². The molecular formula is C23H20N2O2. The highest BCUT2D eigenvalue weighted by Gasteiger charge is 2.18. The van der Waals surface area contributed by atoms with Gasteiger partial charge in [-0.3, -0.25) is 4.79 Å². The van der Waals surface area contributed by atoms with Crippen molar-refractivity contribution in [3.05, 3.63) is 77.5 Å². The minimum absolute atomic E-state index is 0.0344. The molecule has 0 spiro atoms. The van der Waals surface area contributed by atoms with Crippen molar-refractivity contribution in [2.75, 3.05) is 12.0 Å². The molecule has 0 fully saturated rings. The van der Waals surface area contributed by atoms with Crippen LogP contribution in [-0.4, -0.2) is 18.0 Å². The Hall–Kier alpha value is -3.40. The van der Waals surface area contributed by atoms with Crippen LogP contribution in [0.5, 0.6) is 5.88 Å². The van der Waals surface area contributed by atoms with Crippen molar-refractivity contribution in [3.63, 3.8) is 0 Å². The molecule has 4 rings (SSSR count). The number of pyridine rings is 1. The van der Waals surface area contributed by atoms with E-state index >= 15 is 0 Å². The van der Waals surface area contributed by atoms with Crippen molar-refractivity contribution < 1.29 is 9.53 Å². The number of anilines is 1. The lowest BCUT2D eigenvalue weighted by atomic mass is 9.97. The molecule has 1 aromatic heterocycles. The monoisotopic (exact) mass is 356 g/mol. The normalized spacial score (nSPS) is 13.8. The summed E-state index contributed by atoms with van der Waals surface area (Å²) in [6.07, 6.45) is 6.00. The molecule has 0 saturated heterocycles. The molecule has 2 aromatic carbocycles. The van der Waals surface area contributed by atoms with Crippen LogP contribution in [0.1, 0.15) is 23.6 Å². The van der Waals surface area contributed by atoms with E-state index in [0.29, 0.717) is 12.4 Å². The number of benzene rings is 2. The van der Waals surface area contributed by atoms with Crippen molar-refractivity contribution in [1.82, 2.24) is 4.98 Å². The van der Waals surface area contributed by atoms with Crippen LogP contribution < -0.4 is 9.64 Å². The minimum Gasteiger partial charge on any atom is -0.481 e. The Morgan fingerprint density at radius 1 is 1.00 bits per heavy atom. The van der Waals surface area contributed by atoms with Gasteiger partial charge in [0.1, 0.15) is 0 Å². The van der Waals surface area contributed by atoms with Gasteiger partial charge in [0.15, 0.2) is 0 Å². The largest absolute Gasteiger partial charge is 0.481 e. The number of carbonyl (C=O) groups excluding carboxylic acids is 1. The SMILES string of the molecule is COc1ccc(-c2ccc3c(c2)/C=C\c2ccccc2N(C(C)=O)C3)cn1. The van der Waals surface area contributed by atoms with Crippen LogP contribution in [0.15, 0.2) is 60.8 Å². The smallest absolute Gasteiger partial charge is 0.224 e. The van der Waals surface area contributed by atoms with Crippen molar-refractivity contribution in [2.24, 2.45) is 0 Å². The zero-order valence-corrected chi connectivity index (χ0v) is 15.3. The summed E-state index contributed by atoms with van der Waals surface area (Å²) in [6, 6.07) is 18.1. The molecule has 4 heteroatoms. The van der Waals surface area contributed by atoms with Crippen molar-refractivity contribution in [1.29, 1.82) is 0 Å². The van der Waals surface area contributed by atoms with Gasteiger partial charge in [0.2, 0.25) is 11.8 Å². The van der Waals surface area contributed by atoms with Gasteiger partial charge in [0, 0.05) is 24.8 Å². The Balaban J connectivity index is 1.78. The number of hydrogen-bond acceptors (Lipinski definition) is 3. The Labute approximate surface area is 158 Å². The summed E-state index contributed by atoms with van der Waals surface area (Å²) in [4.78, 5) is 18.4. The third-order valence-electron chi connectivity index (χ3n) is 4.80. The Morgan fingerprint density at radius 3 is 2.52 bits per heavy atom. The molecule has 0 unspecified atom stereocenters. The van der Waals surface area contributed by atoms with Crippen LogP contribution in [0.3, 0.4) is 0 Å². The van der Waals surface area contributed by atoms with E-state index in [1.54, 1.807) is 14.0 Å². The minimum atomic E-state index is 0.0344. The van der Waals surface area contributed by atoms with Gasteiger partial charge >= 0.3 is 0 Å². The number of aromatic nitrogens is 1. The summed E-state index contributed by atoms with van der Waals surface area (Å²) in [6.45, 7) is 2.16. The molecule has 0 radical (unpaired) electrons. The van der Waals surface area contributed by atoms with E-state index in [2.05, 4.69) is 35.3 Å². The summed E-state index contributed by atoms with van der Waals surface area (Å²) >= 11 is 0. The molecule has 27 heavy (non-hydrogen) atoms. The van der Waals surface area contributed by atoms with Crippen molar-refractivity contribution in [3.8, 4) is 17.0 Å². The number of methoxy groups -OCH3 is 1. The Bertz CT molecular complexity index is 1020. The summed E-state index contributed by atoms with van der Waals surface area (Å²) in [5.41, 5.74) is 6.30. The van der Waals surface area contributed by atoms with Crippen LogP contribution in [-0.2, 0) is 11.3 Å². The van der Waals surface area contributed by atoms with Gasteiger partial charge in [0.25, 0.3) is 0 Å². The maximum absolute atomic E-state index is 12.3. The first-order chi connectivity index (χ1) is 13.2. The standard InChI is InChI=1S/C23H20N2O2/c1-16(26)25-15-21-10-9-18(20-11-12-23(27-2)24-14-20)13-19(21)8-7-17-5-3-4-6-22(17)25/h3-14H,15H2,1-2H3/b8-7-. The average Bonchev–Trinajstić information content (AvgIpc) is 2.69. The highest BCUT2D eigenvalue weighted by molar-refractivity contribution is 5.95. The average molecular weight is 356 g/mol. The van der Waals surface area contributed by atoms with Crippen LogP contribution >= 0.6 is 0 Å². The topological polar surface area (TPSA) is 42.4 Å². The maximum atomic E-state index is 12.3. The van der Waals surface area contributed by atoms with E-state index in [0.717, 1.165) is 33.5 Å². The molecule has 1 aliphatic heterocycles. The Kier molecular flexibility index (Phi) is 4.47. The van der Waals surface area contributed by atoms with E-state index < -0.39 is 0 Å². The van der Waals surface area contributed by atoms with Crippen molar-refractivity contribution in [2.45, 2.75) is 13.5 Å². The second-order valence-electron chi connectivity index (χ2n) is 6.50. The van der Waals surface area contributed by atoms with Crippen LogP contribution in [0.25, 0.3) is 23.3 Å². The van der Waals surface area contributed by atoms with Crippen LogP contribution in [0.4, 0.5) is 5.69 Å². The molecule has 0 saturated carbocycles. The van der Waals surface area contributed by atoms with Crippen LogP contribution in [0, 0.1) is 0 Å². The summed E-state index contributed by atoms with van der Waals surface area (Å²) in [7, 11) is 1.61. The molecule has 0 N–H and O–H groups in total. The van der Waals surface area contributed by atoms with E-state index in [1.165, 1.54) is 0 Å². The fraction of sp³-hybridized carbons (Fsp3) is 0.130. The van der Waals surface area contributed by atoms with Gasteiger partial charge in [-0.15, -0.1) is 0 Å². The lowest BCUT2D eigenvalue weighted by Gasteiger charge is -2.26. The molecule has 134 valence electrons. The van der Waals surface area contributed by atoms with Gasteiger partial charge in [-0.2, -0.15) is 0 Å². The predicted molar refractivity (Wildman–Crippen MR) is 108 cm³/mol. The lowest BCUT2D eigenvalue weighted by Crippen LogP contribution is -2.29. The van der Waals surface area contributed by atoms with Gasteiger partial charge in [-0.25, -0.2) is 4.98 Å². The van der Waals surface area contributed by atoms with Gasteiger partial charge in [-0.1, -0.05) is 42.5 Å². The molecule has 0 aliphatic carbocycles. The fourth-order valence-corrected chi connectivity index (χ4v) is 3.34. The molecule has 0 atom stereocenters. The molecule has 2 heterocycles. The number of para-hydroxylation sites is 1. The summed E-state index contributed by atoms with van der Waals surface area (Å²) < 4.78 is 5.13. The first-order valence-corrected chi connectivity index (χ1v) is 8.84. The Morgan fingerprint density at radius 2 is 1.78 bits per heavy atom. The quantitative estimate of drug-likeness (QED) is 0.663. The molecule has 3 aromatic rings. The molecule has 1 aliphatic rings. The number of amides is 1. The molecule has 4 nitrogen and oxygen atoms in total. The number of hydrogen-bond donors (Lipinski definition) is 0. The van der Waals surface area contributed by atoms with E-state index in [9.17, 15) is 4.79 Å². The maximum Gasteiger partial charge on any atom is 0.224 e. The summed E-state index contributed by atoms with van der Waals surface area (Å²) in [5, 5.41) is 0. The molecule has 0 bridgehead atoms. The zero-order chi connectivity index (χ0) is 18.8. The number of fused-ring (bicyclic) bond motifs is 2. The van der Waals surface area contributed by atoms with E-state index in [-0.39, 0.29) is 5.91 Å². The molecular weight excluding hydrogens is 336 g/mol. The number of nitrogens with zero attached hydrogens (tertiary/aromatic N) is 2. The van der Waals surface area contributed by atoms with Gasteiger partial charge < -0.3 is 9.64 Å². The predicted octanol–water partition coefficient (Wildman–Crippen LogP) is 4.79. The third-order valence-corrected chi connectivity index (χ3v) is 4.80. The number of rotatable bonds is 2. The second-order valence-corrected chi connectivity index (χ2v) is 6.50. The molecule has 1 amide bonds. The van der Waals surface area contributed by atoms with Crippen molar-refractivity contribution >= 4 is 23.7 Å². The van der Waals surface area contributed by atoms with Gasteiger partial charge in [-0.05, 0) is 40.5 Å². The number of carbonyl (C=O) groups is 1. The highest BCUT2D eigenvalue weighted by Crippen LogP contribution is 2.31. The summed E-state index contributed by atoms with van der Waals surface area (Å²) in [5.74, 6) is 0.630. The fourth-order valence-electron chi connectivity index (χ4n) is 3.34. The zero-order valence-electron chi connectivity index (χ0n) is 15.3. The van der Waals surface area contributed by atoms with Crippen LogP contribution in [0.2, 0.25) is 0 Å². The van der Waals surface area contributed by atoms with E-state index in [1.807, 2.05) is 47.5 Å². The van der Waals surface area contributed by atoms with Gasteiger partial charge in [0.05, 0.1) is 19.3 Å². The third kappa shape index (κ3) is 3.34.